The number of nitrogens with zero attached hydrogens (tertiary/aromatic N) is 1. The highest BCUT2D eigenvalue weighted by Crippen LogP contribution is 2.27. The maximum absolute atomic E-state index is 14.3. The molecule has 1 amide bonds. The maximum atomic E-state index is 14.3. The van der Waals surface area contributed by atoms with Gasteiger partial charge in [-0.2, -0.15) is 0 Å². The quantitative estimate of drug-likeness (QED) is 0.818. The Hall–Kier alpha value is -1.76. The summed E-state index contributed by atoms with van der Waals surface area (Å²) in [5.41, 5.74) is 0.649. The molecule has 1 unspecified atom stereocenters. The second kappa shape index (κ2) is 8.56. The van der Waals surface area contributed by atoms with E-state index in [1.54, 1.807) is 13.2 Å². The number of halogens is 1. The highest BCUT2D eigenvalue weighted by Gasteiger charge is 2.26. The first-order valence-corrected chi connectivity index (χ1v) is 9.35. The molecule has 2 heterocycles. The van der Waals surface area contributed by atoms with Gasteiger partial charge >= 0.3 is 0 Å². The van der Waals surface area contributed by atoms with Gasteiger partial charge in [0.1, 0.15) is 5.82 Å². The second-order valence-electron chi connectivity index (χ2n) is 6.19. The van der Waals surface area contributed by atoms with E-state index in [9.17, 15) is 9.18 Å². The lowest BCUT2D eigenvalue weighted by Gasteiger charge is -2.28. The number of carbonyl (C=O) groups excluding carboxylic acids is 1. The van der Waals surface area contributed by atoms with Crippen molar-refractivity contribution in [3.8, 4) is 0 Å². The van der Waals surface area contributed by atoms with Gasteiger partial charge in [-0.05, 0) is 44.1 Å². The van der Waals surface area contributed by atoms with Crippen LogP contribution in [0.2, 0.25) is 0 Å². The Labute approximate surface area is 151 Å². The van der Waals surface area contributed by atoms with Gasteiger partial charge in [0.05, 0.1) is 17.5 Å². The van der Waals surface area contributed by atoms with E-state index < -0.39 is 0 Å². The third kappa shape index (κ3) is 4.45. The number of methoxy groups -OCH3 is 1. The Bertz CT molecular complexity index is 713. The molecule has 1 atom stereocenters. The van der Waals surface area contributed by atoms with Crippen molar-refractivity contribution in [2.45, 2.75) is 25.5 Å². The maximum Gasteiger partial charge on any atom is 0.261 e. The first-order valence-electron chi connectivity index (χ1n) is 8.53. The van der Waals surface area contributed by atoms with Crippen LogP contribution in [0.25, 0.3) is 0 Å². The van der Waals surface area contributed by atoms with E-state index in [0.717, 1.165) is 30.8 Å². The summed E-state index contributed by atoms with van der Waals surface area (Å²) >= 11 is 1.42. The zero-order valence-electron chi connectivity index (χ0n) is 14.3. The van der Waals surface area contributed by atoms with Crippen LogP contribution in [0.3, 0.4) is 0 Å². The second-order valence-corrected chi connectivity index (χ2v) is 7.36. The van der Waals surface area contributed by atoms with E-state index in [4.69, 9.17) is 4.74 Å². The van der Waals surface area contributed by atoms with Gasteiger partial charge in [0.15, 0.2) is 0 Å². The highest BCUT2D eigenvalue weighted by atomic mass is 32.1. The van der Waals surface area contributed by atoms with Crippen LogP contribution in [0.4, 0.5) is 4.39 Å². The van der Waals surface area contributed by atoms with Gasteiger partial charge in [-0.3, -0.25) is 9.69 Å². The predicted octanol–water partition coefficient (Wildman–Crippen LogP) is 3.60. The van der Waals surface area contributed by atoms with E-state index >= 15 is 0 Å². The molecule has 0 radical (unpaired) electrons. The molecule has 0 spiro atoms. The van der Waals surface area contributed by atoms with Crippen LogP contribution in [0.1, 0.15) is 39.0 Å². The first kappa shape index (κ1) is 18.0. The van der Waals surface area contributed by atoms with Crippen molar-refractivity contribution in [3.05, 3.63) is 57.5 Å². The molecule has 134 valence electrons. The number of nitrogens with one attached hydrogen (secondary N) is 1. The monoisotopic (exact) mass is 362 g/mol. The average molecular weight is 362 g/mol. The zero-order valence-corrected chi connectivity index (χ0v) is 15.2. The molecule has 1 aromatic heterocycles. The molecule has 25 heavy (non-hydrogen) atoms. The van der Waals surface area contributed by atoms with Crippen LogP contribution >= 0.6 is 11.3 Å². The molecule has 3 rings (SSSR count). The molecule has 1 N–H and O–H groups in total. The van der Waals surface area contributed by atoms with Crippen LogP contribution in [0, 0.1) is 5.82 Å². The number of hydrogen-bond acceptors (Lipinski definition) is 4. The van der Waals surface area contributed by atoms with E-state index in [1.165, 1.54) is 17.4 Å². The standard InChI is InChI=1S/C19H23FN2O2S/c1-24-13-14-8-9-18(25-14)19(23)21-12-17(22-10-4-5-11-22)15-6-2-3-7-16(15)20/h2-3,6-9,17H,4-5,10-13H2,1H3,(H,21,23). The van der Waals surface area contributed by atoms with Crippen LogP contribution in [0.15, 0.2) is 36.4 Å². The fraction of sp³-hybridized carbons (Fsp3) is 0.421. The Morgan fingerprint density at radius 2 is 2.04 bits per heavy atom. The molecule has 1 fully saturated rings. The van der Waals surface area contributed by atoms with Gasteiger partial charge in [-0.1, -0.05) is 18.2 Å². The number of benzene rings is 1. The fourth-order valence-electron chi connectivity index (χ4n) is 3.23. The molecule has 0 saturated carbocycles. The molecule has 1 aliphatic heterocycles. The van der Waals surface area contributed by atoms with Crippen molar-refractivity contribution in [2.75, 3.05) is 26.7 Å². The van der Waals surface area contributed by atoms with Crippen LogP contribution < -0.4 is 5.32 Å². The minimum absolute atomic E-state index is 0.118. The Morgan fingerprint density at radius 1 is 1.28 bits per heavy atom. The number of amides is 1. The number of hydrogen-bond donors (Lipinski definition) is 1. The third-order valence-electron chi connectivity index (χ3n) is 4.47. The van der Waals surface area contributed by atoms with Crippen LogP contribution in [0.5, 0.6) is 0 Å². The number of carbonyl (C=O) groups is 1. The number of rotatable bonds is 7. The van der Waals surface area contributed by atoms with Crippen molar-refractivity contribution < 1.29 is 13.9 Å². The van der Waals surface area contributed by atoms with Gasteiger partial charge in [-0.25, -0.2) is 4.39 Å². The minimum Gasteiger partial charge on any atom is -0.379 e. The molecular formula is C19H23FN2O2S. The van der Waals surface area contributed by atoms with Crippen molar-refractivity contribution in [1.82, 2.24) is 10.2 Å². The summed E-state index contributed by atoms with van der Waals surface area (Å²) in [6, 6.07) is 10.4. The summed E-state index contributed by atoms with van der Waals surface area (Å²) in [5, 5.41) is 2.98. The lowest BCUT2D eigenvalue weighted by atomic mass is 10.0. The molecule has 6 heteroatoms. The van der Waals surface area contributed by atoms with Crippen molar-refractivity contribution in [3.63, 3.8) is 0 Å². The largest absolute Gasteiger partial charge is 0.379 e. The van der Waals surface area contributed by atoms with Crippen LogP contribution in [-0.4, -0.2) is 37.6 Å². The van der Waals surface area contributed by atoms with Crippen molar-refractivity contribution >= 4 is 17.2 Å². The van der Waals surface area contributed by atoms with E-state index in [-0.39, 0.29) is 17.8 Å². The lowest BCUT2D eigenvalue weighted by Crippen LogP contribution is -2.37. The third-order valence-corrected chi connectivity index (χ3v) is 5.53. The van der Waals surface area contributed by atoms with Gasteiger partial charge < -0.3 is 10.1 Å². The SMILES string of the molecule is COCc1ccc(C(=O)NCC(c2ccccc2F)N2CCCC2)s1. The van der Waals surface area contributed by atoms with E-state index in [2.05, 4.69) is 10.2 Å². The van der Waals surface area contributed by atoms with Gasteiger partial charge in [0.2, 0.25) is 0 Å². The number of thiophene rings is 1. The summed E-state index contributed by atoms with van der Waals surface area (Å²) < 4.78 is 19.4. The highest BCUT2D eigenvalue weighted by molar-refractivity contribution is 7.14. The smallest absolute Gasteiger partial charge is 0.261 e. The zero-order chi connectivity index (χ0) is 17.6. The van der Waals surface area contributed by atoms with Gasteiger partial charge in [0.25, 0.3) is 5.91 Å². The van der Waals surface area contributed by atoms with E-state index in [0.29, 0.717) is 23.6 Å². The Morgan fingerprint density at radius 3 is 2.76 bits per heavy atom. The molecule has 1 aromatic carbocycles. The molecule has 4 nitrogen and oxygen atoms in total. The summed E-state index contributed by atoms with van der Waals surface area (Å²) in [6.45, 7) is 2.78. The topological polar surface area (TPSA) is 41.6 Å². The number of likely N-dealkylation sites (tertiary alicyclic amines) is 1. The fourth-order valence-corrected chi connectivity index (χ4v) is 4.13. The molecule has 0 bridgehead atoms. The predicted molar refractivity (Wildman–Crippen MR) is 97.3 cm³/mol. The normalized spacial score (nSPS) is 16.1. The molecule has 1 aliphatic rings. The average Bonchev–Trinajstić information content (AvgIpc) is 3.29. The summed E-state index contributed by atoms with van der Waals surface area (Å²) in [6.07, 6.45) is 2.23. The number of ether oxygens (including phenoxy) is 1. The van der Waals surface area contributed by atoms with Crippen molar-refractivity contribution in [2.24, 2.45) is 0 Å². The molecule has 2 aromatic rings. The van der Waals surface area contributed by atoms with Crippen LogP contribution in [-0.2, 0) is 11.3 Å². The summed E-state index contributed by atoms with van der Waals surface area (Å²) in [7, 11) is 1.63. The molecular weight excluding hydrogens is 339 g/mol. The van der Waals surface area contributed by atoms with Gasteiger partial charge in [0, 0.05) is 24.1 Å². The van der Waals surface area contributed by atoms with Crippen molar-refractivity contribution in [1.29, 1.82) is 0 Å². The molecule has 1 saturated heterocycles. The Balaban J connectivity index is 1.69. The van der Waals surface area contributed by atoms with Gasteiger partial charge in [-0.15, -0.1) is 11.3 Å². The lowest BCUT2D eigenvalue weighted by molar-refractivity contribution is 0.0941. The first-order chi connectivity index (χ1) is 12.2. The Kier molecular flexibility index (Phi) is 6.18. The molecule has 0 aliphatic carbocycles. The summed E-state index contributed by atoms with van der Waals surface area (Å²) in [4.78, 5) is 16.4. The van der Waals surface area contributed by atoms with E-state index in [1.807, 2.05) is 24.3 Å². The summed E-state index contributed by atoms with van der Waals surface area (Å²) in [5.74, 6) is -0.333. The minimum atomic E-state index is -0.216.